The van der Waals surface area contributed by atoms with Crippen molar-refractivity contribution < 1.29 is 14.3 Å². The fourth-order valence-corrected chi connectivity index (χ4v) is 1.14. The summed E-state index contributed by atoms with van der Waals surface area (Å²) in [6.45, 7) is 0.210. The smallest absolute Gasteiger partial charge is 0.333 e. The summed E-state index contributed by atoms with van der Waals surface area (Å²) in [5.74, 6) is 6.20. The minimum absolute atomic E-state index is 0. The molecule has 0 saturated heterocycles. The number of anilines is 1. The minimum Gasteiger partial charge on any atom is -0.454 e. The van der Waals surface area contributed by atoms with E-state index in [-0.39, 0.29) is 19.2 Å². The van der Waals surface area contributed by atoms with E-state index in [2.05, 4.69) is 5.32 Å². The molecule has 1 aromatic carbocycles. The summed E-state index contributed by atoms with van der Waals surface area (Å²) >= 11 is 0. The lowest BCUT2D eigenvalue weighted by Gasteiger charge is -2.04. The average molecular weight is 232 g/mol. The molecule has 15 heavy (non-hydrogen) atoms. The van der Waals surface area contributed by atoms with Gasteiger partial charge in [0.15, 0.2) is 11.5 Å². The van der Waals surface area contributed by atoms with Gasteiger partial charge in [0.2, 0.25) is 6.79 Å². The van der Waals surface area contributed by atoms with Gasteiger partial charge >= 0.3 is 6.03 Å². The van der Waals surface area contributed by atoms with Crippen LogP contribution in [0, 0.1) is 0 Å². The molecule has 2 amide bonds. The number of carbonyl (C=O) groups excluding carboxylic acids is 1. The third kappa shape index (κ3) is 2.42. The van der Waals surface area contributed by atoms with Crippen LogP contribution >= 0.6 is 12.4 Å². The quantitative estimate of drug-likeness (QED) is 0.380. The molecule has 0 radical (unpaired) electrons. The van der Waals surface area contributed by atoms with Crippen LogP contribution < -0.4 is 26.1 Å². The molecule has 0 aliphatic carbocycles. The Hall–Kier alpha value is -1.66. The summed E-state index contributed by atoms with van der Waals surface area (Å²) in [6, 6.07) is 4.60. The number of amides is 2. The van der Waals surface area contributed by atoms with E-state index in [4.69, 9.17) is 15.3 Å². The topological polar surface area (TPSA) is 85.6 Å². The molecule has 82 valence electrons. The van der Waals surface area contributed by atoms with E-state index in [0.717, 1.165) is 0 Å². The van der Waals surface area contributed by atoms with Crippen LogP contribution in [-0.2, 0) is 0 Å². The average Bonchev–Trinajstić information content (AvgIpc) is 2.64. The maximum atomic E-state index is 10.9. The van der Waals surface area contributed by atoms with Gasteiger partial charge in [-0.15, -0.1) is 12.4 Å². The molecule has 1 aliphatic rings. The van der Waals surface area contributed by atoms with E-state index in [9.17, 15) is 4.79 Å². The van der Waals surface area contributed by atoms with E-state index in [1.165, 1.54) is 0 Å². The van der Waals surface area contributed by atoms with E-state index < -0.39 is 6.03 Å². The first-order valence-electron chi connectivity index (χ1n) is 3.97. The molecule has 0 spiro atoms. The Morgan fingerprint density at radius 1 is 1.33 bits per heavy atom. The van der Waals surface area contributed by atoms with Crippen LogP contribution in [0.2, 0.25) is 0 Å². The molecule has 4 N–H and O–H groups in total. The van der Waals surface area contributed by atoms with E-state index in [0.29, 0.717) is 17.2 Å². The Labute approximate surface area is 92.1 Å². The zero-order valence-corrected chi connectivity index (χ0v) is 8.47. The van der Waals surface area contributed by atoms with Crippen molar-refractivity contribution in [3.05, 3.63) is 18.2 Å². The molecule has 0 saturated carbocycles. The first-order chi connectivity index (χ1) is 6.79. The number of rotatable bonds is 1. The predicted molar refractivity (Wildman–Crippen MR) is 56.2 cm³/mol. The van der Waals surface area contributed by atoms with Gasteiger partial charge in [-0.2, -0.15) is 0 Å². The van der Waals surface area contributed by atoms with Gasteiger partial charge < -0.3 is 14.8 Å². The van der Waals surface area contributed by atoms with Crippen LogP contribution in [0.5, 0.6) is 11.5 Å². The second-order valence-electron chi connectivity index (χ2n) is 2.67. The van der Waals surface area contributed by atoms with Gasteiger partial charge in [-0.25, -0.2) is 10.6 Å². The summed E-state index contributed by atoms with van der Waals surface area (Å²) in [6.07, 6.45) is 0. The Morgan fingerprint density at radius 3 is 2.80 bits per heavy atom. The lowest BCUT2D eigenvalue weighted by Crippen LogP contribution is -2.34. The highest BCUT2D eigenvalue weighted by atomic mass is 35.5. The Balaban J connectivity index is 0.00000112. The van der Waals surface area contributed by atoms with E-state index in [1.807, 2.05) is 5.43 Å². The van der Waals surface area contributed by atoms with Crippen LogP contribution in [0.4, 0.5) is 10.5 Å². The van der Waals surface area contributed by atoms with E-state index in [1.54, 1.807) is 18.2 Å². The number of hydrogen-bond acceptors (Lipinski definition) is 4. The minimum atomic E-state index is -0.483. The largest absolute Gasteiger partial charge is 0.454 e. The Kier molecular flexibility index (Phi) is 3.59. The Bertz CT molecular complexity index is 372. The highest BCUT2D eigenvalue weighted by Crippen LogP contribution is 2.34. The van der Waals surface area contributed by atoms with Gasteiger partial charge in [0, 0.05) is 11.8 Å². The summed E-state index contributed by atoms with van der Waals surface area (Å²) in [5, 5.41) is 2.51. The first-order valence-corrected chi connectivity index (χ1v) is 3.97. The van der Waals surface area contributed by atoms with Crippen molar-refractivity contribution in [3.8, 4) is 11.5 Å². The molecule has 7 heteroatoms. The number of hydrazine groups is 1. The summed E-state index contributed by atoms with van der Waals surface area (Å²) < 4.78 is 10.2. The van der Waals surface area contributed by atoms with E-state index >= 15 is 0 Å². The number of fused-ring (bicyclic) bond motifs is 1. The number of nitrogens with one attached hydrogen (secondary N) is 2. The number of urea groups is 1. The maximum Gasteiger partial charge on any atom is 0.333 e. The summed E-state index contributed by atoms with van der Waals surface area (Å²) in [7, 11) is 0. The molecular formula is C8H10ClN3O3. The lowest BCUT2D eigenvalue weighted by atomic mass is 10.3. The molecule has 0 atom stereocenters. The van der Waals surface area contributed by atoms with Gasteiger partial charge in [-0.1, -0.05) is 0 Å². The maximum absolute atomic E-state index is 10.9. The van der Waals surface area contributed by atoms with Gasteiger partial charge in [0.05, 0.1) is 0 Å². The number of carbonyl (C=O) groups is 1. The van der Waals surface area contributed by atoms with Gasteiger partial charge in [0.25, 0.3) is 0 Å². The van der Waals surface area contributed by atoms with Crippen LogP contribution in [0.15, 0.2) is 18.2 Å². The molecule has 0 bridgehead atoms. The van der Waals surface area contributed by atoms with Crippen molar-refractivity contribution >= 4 is 24.1 Å². The van der Waals surface area contributed by atoms with Gasteiger partial charge in [-0.05, 0) is 12.1 Å². The number of nitrogens with two attached hydrogens (primary N) is 1. The molecule has 6 nitrogen and oxygen atoms in total. The second-order valence-corrected chi connectivity index (χ2v) is 2.67. The first kappa shape index (κ1) is 11.4. The molecule has 0 unspecified atom stereocenters. The van der Waals surface area contributed by atoms with Gasteiger partial charge in [-0.3, -0.25) is 5.43 Å². The Morgan fingerprint density at radius 2 is 2.07 bits per heavy atom. The van der Waals surface area contributed by atoms with Crippen molar-refractivity contribution in [2.24, 2.45) is 5.84 Å². The van der Waals surface area contributed by atoms with Crippen molar-refractivity contribution in [1.82, 2.24) is 5.43 Å². The number of hydrogen-bond donors (Lipinski definition) is 3. The van der Waals surface area contributed by atoms with Crippen LogP contribution in [0.25, 0.3) is 0 Å². The molecule has 1 heterocycles. The van der Waals surface area contributed by atoms with Gasteiger partial charge in [0.1, 0.15) is 0 Å². The predicted octanol–water partition coefficient (Wildman–Crippen LogP) is 0.832. The zero-order chi connectivity index (χ0) is 9.97. The molecule has 0 aromatic heterocycles. The monoisotopic (exact) mass is 231 g/mol. The van der Waals surface area contributed by atoms with Crippen molar-refractivity contribution in [1.29, 1.82) is 0 Å². The molecule has 2 rings (SSSR count). The third-order valence-corrected chi connectivity index (χ3v) is 1.76. The molecule has 1 aliphatic heterocycles. The third-order valence-electron chi connectivity index (χ3n) is 1.76. The van der Waals surface area contributed by atoms with Crippen LogP contribution in [0.1, 0.15) is 0 Å². The highest BCUT2D eigenvalue weighted by Gasteiger charge is 2.13. The number of ether oxygens (including phenoxy) is 2. The fourth-order valence-electron chi connectivity index (χ4n) is 1.14. The number of benzene rings is 1. The molecular weight excluding hydrogens is 222 g/mol. The van der Waals surface area contributed by atoms with Crippen molar-refractivity contribution in [2.45, 2.75) is 0 Å². The summed E-state index contributed by atoms with van der Waals surface area (Å²) in [5.41, 5.74) is 2.55. The SMILES string of the molecule is Cl.NNC(=O)Nc1ccc2c(c1)OCO2. The highest BCUT2D eigenvalue weighted by molar-refractivity contribution is 5.89. The fraction of sp³-hybridized carbons (Fsp3) is 0.125. The second kappa shape index (κ2) is 4.72. The lowest BCUT2D eigenvalue weighted by molar-refractivity contribution is 0.174. The summed E-state index contributed by atoms with van der Waals surface area (Å²) in [4.78, 5) is 10.9. The molecule has 0 fully saturated rings. The molecule has 1 aromatic rings. The van der Waals surface area contributed by atoms with Crippen molar-refractivity contribution in [2.75, 3.05) is 12.1 Å². The van der Waals surface area contributed by atoms with Crippen LogP contribution in [-0.4, -0.2) is 12.8 Å². The van der Waals surface area contributed by atoms with Crippen molar-refractivity contribution in [3.63, 3.8) is 0 Å². The number of halogens is 1. The van der Waals surface area contributed by atoms with Crippen LogP contribution in [0.3, 0.4) is 0 Å². The normalized spacial score (nSPS) is 11.5. The standard InChI is InChI=1S/C8H9N3O3.ClH/c9-11-8(12)10-5-1-2-6-7(3-5)14-4-13-6;/h1-3H,4,9H2,(H2,10,11,12);1H. The zero-order valence-electron chi connectivity index (χ0n) is 7.65.